The predicted molar refractivity (Wildman–Crippen MR) is 125 cm³/mol. The summed E-state index contributed by atoms with van der Waals surface area (Å²) in [6, 6.07) is 14.2. The summed E-state index contributed by atoms with van der Waals surface area (Å²) in [7, 11) is -2.14. The lowest BCUT2D eigenvalue weighted by atomic mass is 9.98. The molecule has 0 radical (unpaired) electrons. The number of imidazole rings is 1. The van der Waals surface area contributed by atoms with Crippen LogP contribution in [0.25, 0.3) is 5.69 Å². The molecule has 0 spiro atoms. The first kappa shape index (κ1) is 23.0. The van der Waals surface area contributed by atoms with Crippen LogP contribution in [0, 0.1) is 12.8 Å². The van der Waals surface area contributed by atoms with E-state index in [0.717, 1.165) is 17.1 Å². The van der Waals surface area contributed by atoms with Crippen molar-refractivity contribution < 1.29 is 17.9 Å². The highest BCUT2D eigenvalue weighted by Gasteiger charge is 2.33. The van der Waals surface area contributed by atoms with Gasteiger partial charge in [0.15, 0.2) is 0 Å². The van der Waals surface area contributed by atoms with Crippen molar-refractivity contribution in [1.82, 2.24) is 19.2 Å². The molecule has 0 aliphatic carbocycles. The van der Waals surface area contributed by atoms with Crippen LogP contribution in [0.1, 0.15) is 24.2 Å². The highest BCUT2D eigenvalue weighted by Crippen LogP contribution is 2.25. The number of hydrogen-bond acceptors (Lipinski definition) is 5. The molecule has 1 aliphatic rings. The molecule has 1 aliphatic heterocycles. The van der Waals surface area contributed by atoms with Gasteiger partial charge in [-0.2, -0.15) is 4.31 Å². The number of carbonyl (C=O) groups excluding carboxylic acids is 1. The fourth-order valence-electron chi connectivity index (χ4n) is 4.13. The van der Waals surface area contributed by atoms with Crippen LogP contribution in [0.4, 0.5) is 0 Å². The lowest BCUT2D eigenvalue weighted by molar-refractivity contribution is -0.126. The Morgan fingerprint density at radius 1 is 1.18 bits per heavy atom. The van der Waals surface area contributed by atoms with Crippen LogP contribution in [-0.2, 0) is 21.4 Å². The Labute approximate surface area is 194 Å². The van der Waals surface area contributed by atoms with Gasteiger partial charge in [-0.15, -0.1) is 0 Å². The minimum absolute atomic E-state index is 0.137. The number of hydrogen-bond donors (Lipinski definition) is 1. The molecule has 1 aromatic heterocycles. The van der Waals surface area contributed by atoms with E-state index in [1.54, 1.807) is 18.3 Å². The zero-order chi connectivity index (χ0) is 23.4. The zero-order valence-electron chi connectivity index (χ0n) is 18.8. The van der Waals surface area contributed by atoms with E-state index >= 15 is 0 Å². The Morgan fingerprint density at radius 3 is 2.64 bits per heavy atom. The van der Waals surface area contributed by atoms with Crippen LogP contribution in [-0.4, -0.2) is 48.4 Å². The maximum Gasteiger partial charge on any atom is 0.243 e. The van der Waals surface area contributed by atoms with Crippen molar-refractivity contribution in [3.63, 3.8) is 0 Å². The molecule has 1 atom stereocenters. The van der Waals surface area contributed by atoms with Gasteiger partial charge in [0.1, 0.15) is 11.6 Å². The van der Waals surface area contributed by atoms with Gasteiger partial charge < -0.3 is 14.6 Å². The number of aromatic nitrogens is 2. The third-order valence-electron chi connectivity index (χ3n) is 5.98. The number of sulfonamides is 1. The standard InChI is InChI=1S/C24H28N4O4S/c1-18-25-13-15-28(18)23-8-4-3-6-19(23)16-26-24(29)20-7-5-14-27(17-20)33(30,31)22-11-9-21(32-2)10-12-22/h3-4,6,8-13,15,20H,5,7,14,16-17H2,1-2H3,(H,26,29)/t20-/m0/s1. The molecule has 1 fully saturated rings. The monoisotopic (exact) mass is 468 g/mol. The quantitative estimate of drug-likeness (QED) is 0.576. The molecule has 4 rings (SSSR count). The lowest BCUT2D eigenvalue weighted by Crippen LogP contribution is -2.45. The van der Waals surface area contributed by atoms with Gasteiger partial charge in [0, 0.05) is 32.0 Å². The highest BCUT2D eigenvalue weighted by molar-refractivity contribution is 7.89. The number of aryl methyl sites for hydroxylation is 1. The molecule has 3 aromatic rings. The van der Waals surface area contributed by atoms with Crippen LogP contribution in [0.15, 0.2) is 65.8 Å². The van der Waals surface area contributed by atoms with E-state index in [1.807, 2.05) is 42.0 Å². The van der Waals surface area contributed by atoms with Gasteiger partial charge in [-0.3, -0.25) is 4.79 Å². The Hall–Kier alpha value is -3.17. The normalized spacial score (nSPS) is 17.0. The topological polar surface area (TPSA) is 93.5 Å². The third kappa shape index (κ3) is 4.94. The SMILES string of the molecule is COc1ccc(S(=O)(=O)N2CCC[C@H](C(=O)NCc3ccccc3-n3ccnc3C)C2)cc1. The van der Waals surface area contributed by atoms with Crippen molar-refractivity contribution >= 4 is 15.9 Å². The van der Waals surface area contributed by atoms with E-state index in [9.17, 15) is 13.2 Å². The van der Waals surface area contributed by atoms with Gasteiger partial charge in [0.25, 0.3) is 0 Å². The van der Waals surface area contributed by atoms with Crippen LogP contribution < -0.4 is 10.1 Å². The first-order valence-corrected chi connectivity index (χ1v) is 12.3. The molecule has 2 heterocycles. The van der Waals surface area contributed by atoms with Crippen molar-refractivity contribution in [2.24, 2.45) is 5.92 Å². The number of nitrogens with zero attached hydrogens (tertiary/aromatic N) is 3. The van der Waals surface area contributed by atoms with E-state index in [1.165, 1.54) is 23.5 Å². The first-order valence-electron chi connectivity index (χ1n) is 10.9. The molecule has 0 unspecified atom stereocenters. The second kappa shape index (κ2) is 9.76. The number of benzene rings is 2. The van der Waals surface area contributed by atoms with Gasteiger partial charge in [-0.1, -0.05) is 18.2 Å². The second-order valence-corrected chi connectivity index (χ2v) is 10.0. The van der Waals surface area contributed by atoms with E-state index in [0.29, 0.717) is 31.7 Å². The number of amides is 1. The molecule has 1 saturated heterocycles. The largest absolute Gasteiger partial charge is 0.497 e. The van der Waals surface area contributed by atoms with E-state index in [4.69, 9.17) is 4.74 Å². The number of para-hydroxylation sites is 1. The van der Waals surface area contributed by atoms with E-state index < -0.39 is 15.9 Å². The summed E-state index contributed by atoms with van der Waals surface area (Å²) in [6.45, 7) is 2.85. The van der Waals surface area contributed by atoms with Crippen molar-refractivity contribution in [2.75, 3.05) is 20.2 Å². The molecular formula is C24H28N4O4S. The average molecular weight is 469 g/mol. The maximum atomic E-state index is 13.1. The number of rotatable bonds is 7. The Kier molecular flexibility index (Phi) is 6.80. The summed E-state index contributed by atoms with van der Waals surface area (Å²) in [4.78, 5) is 17.4. The van der Waals surface area contributed by atoms with Gasteiger partial charge >= 0.3 is 0 Å². The summed E-state index contributed by atoms with van der Waals surface area (Å²) in [6.07, 6.45) is 4.92. The highest BCUT2D eigenvalue weighted by atomic mass is 32.2. The Bertz CT molecular complexity index is 1220. The number of methoxy groups -OCH3 is 1. The summed E-state index contributed by atoms with van der Waals surface area (Å²) in [5.74, 6) is 0.923. The van der Waals surface area contributed by atoms with Crippen molar-refractivity contribution in [1.29, 1.82) is 0 Å². The lowest BCUT2D eigenvalue weighted by Gasteiger charge is -2.31. The molecular weight excluding hydrogens is 440 g/mol. The van der Waals surface area contributed by atoms with Gasteiger partial charge in [0.2, 0.25) is 15.9 Å². The predicted octanol–water partition coefficient (Wildman–Crippen LogP) is 2.91. The van der Waals surface area contributed by atoms with Gasteiger partial charge in [-0.05, 0) is 55.7 Å². The van der Waals surface area contributed by atoms with E-state index in [-0.39, 0.29) is 17.3 Å². The van der Waals surface area contributed by atoms with Crippen LogP contribution in [0.3, 0.4) is 0 Å². The molecule has 1 amide bonds. The first-order chi connectivity index (χ1) is 15.9. The molecule has 9 heteroatoms. The average Bonchev–Trinajstić information content (AvgIpc) is 3.28. The number of carbonyl (C=O) groups is 1. The van der Waals surface area contributed by atoms with Crippen molar-refractivity contribution in [3.05, 3.63) is 72.3 Å². The molecule has 33 heavy (non-hydrogen) atoms. The molecule has 2 aromatic carbocycles. The van der Waals surface area contributed by atoms with Crippen molar-refractivity contribution in [3.8, 4) is 11.4 Å². The van der Waals surface area contributed by atoms with Crippen molar-refractivity contribution in [2.45, 2.75) is 31.2 Å². The number of nitrogens with one attached hydrogen (secondary N) is 1. The summed E-state index contributed by atoms with van der Waals surface area (Å²) >= 11 is 0. The Balaban J connectivity index is 1.43. The van der Waals surface area contributed by atoms with Gasteiger partial charge in [-0.25, -0.2) is 13.4 Å². The van der Waals surface area contributed by atoms with Crippen LogP contribution in [0.5, 0.6) is 5.75 Å². The number of piperidine rings is 1. The summed E-state index contributed by atoms with van der Waals surface area (Å²) in [5, 5.41) is 3.01. The Morgan fingerprint density at radius 2 is 1.94 bits per heavy atom. The molecule has 1 N–H and O–H groups in total. The molecule has 0 saturated carbocycles. The summed E-state index contributed by atoms with van der Waals surface area (Å²) in [5.41, 5.74) is 1.92. The smallest absolute Gasteiger partial charge is 0.243 e. The second-order valence-electron chi connectivity index (χ2n) is 8.07. The fraction of sp³-hybridized carbons (Fsp3) is 0.333. The number of ether oxygens (including phenoxy) is 1. The zero-order valence-corrected chi connectivity index (χ0v) is 19.6. The van der Waals surface area contributed by atoms with Gasteiger partial charge in [0.05, 0.1) is 23.6 Å². The minimum Gasteiger partial charge on any atom is -0.497 e. The van der Waals surface area contributed by atoms with Crippen LogP contribution >= 0.6 is 0 Å². The maximum absolute atomic E-state index is 13.1. The third-order valence-corrected chi connectivity index (χ3v) is 7.86. The molecule has 174 valence electrons. The summed E-state index contributed by atoms with van der Waals surface area (Å²) < 4.78 is 34.7. The van der Waals surface area contributed by atoms with Crippen LogP contribution in [0.2, 0.25) is 0 Å². The molecule has 0 bridgehead atoms. The fourth-order valence-corrected chi connectivity index (χ4v) is 5.65. The van der Waals surface area contributed by atoms with E-state index in [2.05, 4.69) is 10.3 Å². The minimum atomic E-state index is -3.67. The molecule has 8 nitrogen and oxygen atoms in total.